The van der Waals surface area contributed by atoms with Crippen LogP contribution >= 0.6 is 0 Å². The van der Waals surface area contributed by atoms with Crippen LogP contribution in [0.2, 0.25) is 0 Å². The molecule has 0 bridgehead atoms. The number of ketones is 1. The molecule has 0 unspecified atom stereocenters. The zero-order valence-corrected chi connectivity index (χ0v) is 6.66. The minimum Gasteiger partial charge on any atom is -0.542 e. The van der Waals surface area contributed by atoms with Gasteiger partial charge in [-0.3, -0.25) is 6.29 Å². The SMILES string of the molecule is CC(C)=O.C[C-]=O.[V]. The van der Waals surface area contributed by atoms with Gasteiger partial charge in [-0.05, 0) is 13.8 Å². The molecule has 0 aromatic rings. The number of rotatable bonds is 0. The smallest absolute Gasteiger partial charge is 0.126 e. The third-order valence-corrected chi connectivity index (χ3v) is 0. The van der Waals surface area contributed by atoms with E-state index >= 15 is 0 Å². The number of hydrogen-bond donors (Lipinski definition) is 0. The average Bonchev–Trinajstić information content (AvgIpc) is 1.33. The maximum Gasteiger partial charge on any atom is 0.126 e. The largest absolute Gasteiger partial charge is 0.542 e. The van der Waals surface area contributed by atoms with Gasteiger partial charge >= 0.3 is 0 Å². The minimum absolute atomic E-state index is 0. The molecule has 0 aromatic carbocycles. The van der Waals surface area contributed by atoms with Crippen LogP contribution in [0.3, 0.4) is 0 Å². The Labute approximate surface area is 61.5 Å². The molecule has 0 atom stereocenters. The molecule has 0 heterocycles. The first-order valence-corrected chi connectivity index (χ1v) is 1.91. The minimum atomic E-state index is 0. The van der Waals surface area contributed by atoms with Crippen molar-refractivity contribution in [3.63, 3.8) is 0 Å². The first-order chi connectivity index (χ1) is 3.15. The molecule has 8 heavy (non-hydrogen) atoms. The third kappa shape index (κ3) is 25100. The molecule has 0 spiro atoms. The van der Waals surface area contributed by atoms with Crippen molar-refractivity contribution in [2.75, 3.05) is 0 Å². The van der Waals surface area contributed by atoms with Gasteiger partial charge < -0.3 is 9.59 Å². The van der Waals surface area contributed by atoms with Gasteiger partial charge in [0.15, 0.2) is 0 Å². The predicted octanol–water partition coefficient (Wildman–Crippen LogP) is 0.709. The Bertz CT molecular complexity index is 57.4. The van der Waals surface area contributed by atoms with Gasteiger partial charge in [-0.2, -0.15) is 6.92 Å². The Morgan fingerprint density at radius 1 is 1.38 bits per heavy atom. The van der Waals surface area contributed by atoms with Gasteiger partial charge in [0.25, 0.3) is 0 Å². The summed E-state index contributed by atoms with van der Waals surface area (Å²) in [4.78, 5) is 18.1. The summed E-state index contributed by atoms with van der Waals surface area (Å²) in [5, 5.41) is 0. The quantitative estimate of drug-likeness (QED) is 0.479. The van der Waals surface area contributed by atoms with Crippen LogP contribution < -0.4 is 0 Å². The zero-order valence-electron chi connectivity index (χ0n) is 5.26. The van der Waals surface area contributed by atoms with Crippen molar-refractivity contribution < 1.29 is 28.1 Å². The third-order valence-electron chi connectivity index (χ3n) is 0. The molecule has 0 aliphatic rings. The van der Waals surface area contributed by atoms with Crippen LogP contribution in [0.25, 0.3) is 0 Å². The standard InChI is InChI=1S/C3H6O.C2H3O.V/c1-3(2)4;1-2-3;/h1-2H3;1H3;/q;-1;. The van der Waals surface area contributed by atoms with Crippen LogP contribution in [0, 0.1) is 0 Å². The van der Waals surface area contributed by atoms with Crippen molar-refractivity contribution in [3.05, 3.63) is 0 Å². The van der Waals surface area contributed by atoms with Crippen LogP contribution in [0.15, 0.2) is 0 Å². The number of carbonyl (C=O) groups is 1. The van der Waals surface area contributed by atoms with Crippen LogP contribution in [0.5, 0.6) is 0 Å². The molecule has 0 N–H and O–H groups in total. The van der Waals surface area contributed by atoms with E-state index in [1.165, 1.54) is 27.1 Å². The van der Waals surface area contributed by atoms with E-state index in [1.54, 1.807) is 0 Å². The van der Waals surface area contributed by atoms with Crippen molar-refractivity contribution in [2.45, 2.75) is 20.8 Å². The van der Waals surface area contributed by atoms with Gasteiger partial charge in [-0.1, -0.05) is 0 Å². The molecule has 0 fully saturated rings. The summed E-state index contributed by atoms with van der Waals surface area (Å²) in [5.41, 5.74) is 0. The van der Waals surface area contributed by atoms with Crippen molar-refractivity contribution in [3.8, 4) is 0 Å². The van der Waals surface area contributed by atoms with Crippen LogP contribution in [-0.2, 0) is 28.1 Å². The van der Waals surface area contributed by atoms with Crippen molar-refractivity contribution in [1.82, 2.24) is 0 Å². The number of carbonyl (C=O) groups excluding carboxylic acids is 2. The van der Waals surface area contributed by atoms with Gasteiger partial charge in [-0.25, -0.2) is 0 Å². The molecule has 0 amide bonds. The fourth-order valence-corrected chi connectivity index (χ4v) is 0. The molecular weight excluding hydrogens is 143 g/mol. The fraction of sp³-hybridized carbons (Fsp3) is 0.600. The summed E-state index contributed by atoms with van der Waals surface area (Å²) >= 11 is 0. The topological polar surface area (TPSA) is 34.1 Å². The van der Waals surface area contributed by atoms with E-state index < -0.39 is 0 Å². The molecule has 47 valence electrons. The van der Waals surface area contributed by atoms with E-state index in [0.717, 1.165) is 0 Å². The van der Waals surface area contributed by atoms with E-state index in [2.05, 4.69) is 0 Å². The molecule has 0 rings (SSSR count). The van der Waals surface area contributed by atoms with E-state index in [-0.39, 0.29) is 24.3 Å². The second kappa shape index (κ2) is 15.8. The fourth-order valence-electron chi connectivity index (χ4n) is 0. The maximum absolute atomic E-state index is 9.44. The molecule has 0 saturated heterocycles. The Balaban J connectivity index is -0.0000000575. The first-order valence-electron chi connectivity index (χ1n) is 1.91. The summed E-state index contributed by atoms with van der Waals surface area (Å²) in [7, 11) is 0. The second-order valence-electron chi connectivity index (χ2n) is 1.11. The summed E-state index contributed by atoms with van der Waals surface area (Å²) in [6, 6.07) is 0. The molecule has 0 aliphatic carbocycles. The zero-order chi connectivity index (χ0) is 6.28. The molecule has 0 aliphatic heterocycles. The van der Waals surface area contributed by atoms with Gasteiger partial charge in [0.05, 0.1) is 0 Å². The van der Waals surface area contributed by atoms with Crippen LogP contribution in [-0.4, -0.2) is 12.1 Å². The van der Waals surface area contributed by atoms with Gasteiger partial charge in [0.2, 0.25) is 0 Å². The Morgan fingerprint density at radius 3 is 1.38 bits per heavy atom. The van der Waals surface area contributed by atoms with Crippen molar-refractivity contribution in [1.29, 1.82) is 0 Å². The second-order valence-corrected chi connectivity index (χ2v) is 1.11. The Hall–Kier alpha value is -0.0756. The van der Waals surface area contributed by atoms with Crippen LogP contribution in [0.4, 0.5) is 0 Å². The molecular formula is C5H9O2V-. The number of Topliss-reactive ketones (excluding diaryl/α,β-unsaturated/α-hetero) is 1. The van der Waals surface area contributed by atoms with Gasteiger partial charge in [0, 0.05) is 18.6 Å². The molecule has 1 radical (unpaired) electrons. The van der Waals surface area contributed by atoms with E-state index in [4.69, 9.17) is 4.79 Å². The normalized spacial score (nSPS) is 4.88. The average molecular weight is 152 g/mol. The molecule has 2 nitrogen and oxygen atoms in total. The summed E-state index contributed by atoms with van der Waals surface area (Å²) in [6.07, 6.45) is 1.50. The molecule has 3 heteroatoms. The van der Waals surface area contributed by atoms with Gasteiger partial charge in [-0.15, -0.1) is 0 Å². The Morgan fingerprint density at radius 2 is 1.38 bits per heavy atom. The van der Waals surface area contributed by atoms with E-state index in [0.29, 0.717) is 0 Å². The predicted molar refractivity (Wildman–Crippen MR) is 27.7 cm³/mol. The van der Waals surface area contributed by atoms with Crippen molar-refractivity contribution in [2.24, 2.45) is 0 Å². The Kier molecular flexibility index (Phi) is 30.9. The monoisotopic (exact) mass is 152 g/mol. The molecule has 0 saturated carbocycles. The maximum atomic E-state index is 9.44. The van der Waals surface area contributed by atoms with Crippen molar-refractivity contribution >= 4 is 12.1 Å². The summed E-state index contributed by atoms with van der Waals surface area (Å²) < 4.78 is 0. The summed E-state index contributed by atoms with van der Waals surface area (Å²) in [6.45, 7) is 4.38. The van der Waals surface area contributed by atoms with E-state index in [9.17, 15) is 4.79 Å². The first kappa shape index (κ1) is 15.7. The van der Waals surface area contributed by atoms with Gasteiger partial charge in [0.1, 0.15) is 5.78 Å². The number of hydrogen-bond acceptors (Lipinski definition) is 2. The van der Waals surface area contributed by atoms with E-state index in [1.807, 2.05) is 0 Å². The molecule has 0 aromatic heterocycles. The summed E-state index contributed by atoms with van der Waals surface area (Å²) in [5.74, 6) is 0.167. The van der Waals surface area contributed by atoms with Crippen LogP contribution in [0.1, 0.15) is 20.8 Å².